The molecule has 1 aromatic rings. The van der Waals surface area contributed by atoms with Crippen LogP contribution >= 0.6 is 0 Å². The van der Waals surface area contributed by atoms with Gasteiger partial charge in [0, 0.05) is 24.4 Å². The van der Waals surface area contributed by atoms with Gasteiger partial charge in [0.05, 0.1) is 0 Å². The third kappa shape index (κ3) is 6.75. The van der Waals surface area contributed by atoms with Crippen molar-refractivity contribution in [3.63, 3.8) is 0 Å². The van der Waals surface area contributed by atoms with Crippen molar-refractivity contribution < 1.29 is 14.3 Å². The first-order valence-corrected chi connectivity index (χ1v) is 6.59. The predicted octanol–water partition coefficient (Wildman–Crippen LogP) is 0.870. The second-order valence-corrected chi connectivity index (χ2v) is 4.45. The number of anilines is 1. The molecule has 6 nitrogen and oxygen atoms in total. The van der Waals surface area contributed by atoms with Crippen LogP contribution in [0.15, 0.2) is 24.3 Å². The van der Waals surface area contributed by atoms with Crippen LogP contribution < -0.4 is 16.8 Å². The quantitative estimate of drug-likeness (QED) is 0.552. The van der Waals surface area contributed by atoms with E-state index < -0.39 is 11.8 Å². The van der Waals surface area contributed by atoms with Crippen LogP contribution in [0.25, 0.3) is 0 Å². The smallest absolute Gasteiger partial charge is 0.248 e. The molecule has 0 spiro atoms. The molecule has 2 amide bonds. The molecule has 0 saturated carbocycles. The van der Waals surface area contributed by atoms with Crippen LogP contribution in [0.1, 0.15) is 29.6 Å². The molecule has 0 heterocycles. The highest BCUT2D eigenvalue weighted by molar-refractivity contribution is 5.93. The highest BCUT2D eigenvalue weighted by atomic mass is 16.5. The van der Waals surface area contributed by atoms with Crippen LogP contribution in [0.5, 0.6) is 0 Å². The number of hydrogen-bond acceptors (Lipinski definition) is 4. The number of ether oxygens (including phenoxy) is 1. The Morgan fingerprint density at radius 3 is 2.35 bits per heavy atom. The van der Waals surface area contributed by atoms with Gasteiger partial charge in [0.1, 0.15) is 6.61 Å². The number of carbonyl (C=O) groups is 2. The maximum absolute atomic E-state index is 10.9. The van der Waals surface area contributed by atoms with Gasteiger partial charge in [0.25, 0.3) is 0 Å². The van der Waals surface area contributed by atoms with Crippen molar-refractivity contribution in [2.24, 2.45) is 11.5 Å². The Balaban J connectivity index is 2.06. The Bertz CT molecular complexity index is 432. The Labute approximate surface area is 118 Å². The summed E-state index contributed by atoms with van der Waals surface area (Å²) in [6, 6.07) is 7.05. The van der Waals surface area contributed by atoms with Gasteiger partial charge in [-0.25, -0.2) is 0 Å². The summed E-state index contributed by atoms with van der Waals surface area (Å²) in [6.45, 7) is 1.38. The maximum atomic E-state index is 10.9. The summed E-state index contributed by atoms with van der Waals surface area (Å²) in [5.41, 5.74) is 11.6. The Morgan fingerprint density at radius 1 is 1.05 bits per heavy atom. The molecular formula is C14H21N3O3. The minimum absolute atomic E-state index is 0.00946. The molecule has 1 rings (SSSR count). The van der Waals surface area contributed by atoms with Crippen LogP contribution in [0.3, 0.4) is 0 Å². The molecule has 0 bridgehead atoms. The lowest BCUT2D eigenvalue weighted by Crippen LogP contribution is -2.18. The molecule has 110 valence electrons. The second kappa shape index (κ2) is 8.92. The summed E-state index contributed by atoms with van der Waals surface area (Å²) in [7, 11) is 0. The first-order chi connectivity index (χ1) is 9.59. The molecule has 0 unspecified atom stereocenters. The second-order valence-electron chi connectivity index (χ2n) is 4.45. The van der Waals surface area contributed by atoms with E-state index in [1.54, 1.807) is 12.1 Å². The van der Waals surface area contributed by atoms with E-state index in [9.17, 15) is 9.59 Å². The molecule has 0 radical (unpaired) electrons. The first kappa shape index (κ1) is 16.0. The van der Waals surface area contributed by atoms with E-state index in [-0.39, 0.29) is 6.61 Å². The van der Waals surface area contributed by atoms with Gasteiger partial charge in [0.15, 0.2) is 0 Å². The van der Waals surface area contributed by atoms with E-state index in [0.717, 1.165) is 31.5 Å². The third-order valence-corrected chi connectivity index (χ3v) is 2.71. The van der Waals surface area contributed by atoms with Crippen molar-refractivity contribution in [1.82, 2.24) is 0 Å². The fourth-order valence-corrected chi connectivity index (χ4v) is 1.66. The number of primary amides is 2. The SMILES string of the molecule is NC(=O)COCCCCCNc1ccc(C(N)=O)cc1. The average Bonchev–Trinajstić information content (AvgIpc) is 2.42. The maximum Gasteiger partial charge on any atom is 0.248 e. The van der Waals surface area contributed by atoms with Crippen LogP contribution in [-0.4, -0.2) is 31.6 Å². The Morgan fingerprint density at radius 2 is 1.75 bits per heavy atom. The van der Waals surface area contributed by atoms with Crippen LogP contribution in [0.4, 0.5) is 5.69 Å². The fourth-order valence-electron chi connectivity index (χ4n) is 1.66. The van der Waals surface area contributed by atoms with E-state index in [4.69, 9.17) is 16.2 Å². The highest BCUT2D eigenvalue weighted by Gasteiger charge is 1.99. The number of rotatable bonds is 10. The fraction of sp³-hybridized carbons (Fsp3) is 0.429. The minimum atomic E-state index is -0.439. The van der Waals surface area contributed by atoms with Crippen molar-refractivity contribution in [2.75, 3.05) is 25.1 Å². The third-order valence-electron chi connectivity index (χ3n) is 2.71. The number of hydrogen-bond donors (Lipinski definition) is 3. The molecule has 1 aromatic carbocycles. The summed E-state index contributed by atoms with van der Waals surface area (Å²) in [5, 5.41) is 3.25. The van der Waals surface area contributed by atoms with E-state index in [1.807, 2.05) is 12.1 Å². The zero-order valence-corrected chi connectivity index (χ0v) is 11.4. The first-order valence-electron chi connectivity index (χ1n) is 6.59. The van der Waals surface area contributed by atoms with Gasteiger partial charge in [-0.2, -0.15) is 0 Å². The average molecular weight is 279 g/mol. The molecule has 0 aromatic heterocycles. The van der Waals surface area contributed by atoms with Gasteiger partial charge in [-0.15, -0.1) is 0 Å². The van der Waals surface area contributed by atoms with E-state index in [2.05, 4.69) is 5.32 Å². The number of amides is 2. The molecule has 0 aliphatic rings. The van der Waals surface area contributed by atoms with Gasteiger partial charge >= 0.3 is 0 Å². The zero-order valence-electron chi connectivity index (χ0n) is 11.4. The number of benzene rings is 1. The number of carbonyl (C=O) groups excluding carboxylic acids is 2. The molecule has 5 N–H and O–H groups in total. The predicted molar refractivity (Wildman–Crippen MR) is 77.3 cm³/mol. The lowest BCUT2D eigenvalue weighted by molar-refractivity contribution is -0.122. The summed E-state index contributed by atoms with van der Waals surface area (Å²) in [6.07, 6.45) is 2.90. The summed E-state index contributed by atoms with van der Waals surface area (Å²) >= 11 is 0. The molecule has 6 heteroatoms. The molecule has 0 fully saturated rings. The van der Waals surface area contributed by atoms with E-state index in [0.29, 0.717) is 12.2 Å². The molecule has 0 aliphatic carbocycles. The normalized spacial score (nSPS) is 10.2. The van der Waals surface area contributed by atoms with Gasteiger partial charge in [-0.1, -0.05) is 0 Å². The molecule has 0 saturated heterocycles. The minimum Gasteiger partial charge on any atom is -0.385 e. The van der Waals surface area contributed by atoms with Crippen molar-refractivity contribution in [1.29, 1.82) is 0 Å². The van der Waals surface area contributed by atoms with E-state index in [1.165, 1.54) is 0 Å². The van der Waals surface area contributed by atoms with Crippen LogP contribution in [-0.2, 0) is 9.53 Å². The molecule has 20 heavy (non-hydrogen) atoms. The zero-order chi connectivity index (χ0) is 14.8. The Kier molecular flexibility index (Phi) is 7.13. The number of nitrogens with two attached hydrogens (primary N) is 2. The van der Waals surface area contributed by atoms with Gasteiger partial charge in [-0.3, -0.25) is 9.59 Å². The molecule has 0 atom stereocenters. The van der Waals surface area contributed by atoms with Crippen molar-refractivity contribution >= 4 is 17.5 Å². The summed E-state index contributed by atoms with van der Waals surface area (Å²) in [5.74, 6) is -0.862. The van der Waals surface area contributed by atoms with Crippen molar-refractivity contribution in [3.05, 3.63) is 29.8 Å². The molecule has 0 aliphatic heterocycles. The monoisotopic (exact) mass is 279 g/mol. The summed E-state index contributed by atoms with van der Waals surface area (Å²) in [4.78, 5) is 21.3. The lowest BCUT2D eigenvalue weighted by atomic mass is 10.2. The van der Waals surface area contributed by atoms with E-state index >= 15 is 0 Å². The molecular weight excluding hydrogens is 258 g/mol. The lowest BCUT2D eigenvalue weighted by Gasteiger charge is -2.07. The highest BCUT2D eigenvalue weighted by Crippen LogP contribution is 2.09. The van der Waals surface area contributed by atoms with Gasteiger partial charge < -0.3 is 21.5 Å². The standard InChI is InChI=1S/C14H21N3O3/c15-13(18)10-20-9-3-1-2-8-17-12-6-4-11(5-7-12)14(16)19/h4-7,17H,1-3,8-10H2,(H2,15,18)(H2,16,19). The van der Waals surface area contributed by atoms with Crippen LogP contribution in [0, 0.1) is 0 Å². The van der Waals surface area contributed by atoms with Gasteiger partial charge in [-0.05, 0) is 43.5 Å². The Hall–Kier alpha value is -2.08. The number of nitrogens with one attached hydrogen (secondary N) is 1. The number of unbranched alkanes of at least 4 members (excludes halogenated alkanes) is 2. The van der Waals surface area contributed by atoms with Crippen molar-refractivity contribution in [3.8, 4) is 0 Å². The van der Waals surface area contributed by atoms with Gasteiger partial charge in [0.2, 0.25) is 11.8 Å². The topological polar surface area (TPSA) is 107 Å². The van der Waals surface area contributed by atoms with Crippen molar-refractivity contribution in [2.45, 2.75) is 19.3 Å². The van der Waals surface area contributed by atoms with Crippen LogP contribution in [0.2, 0.25) is 0 Å². The largest absolute Gasteiger partial charge is 0.385 e. The summed E-state index contributed by atoms with van der Waals surface area (Å²) < 4.78 is 5.06.